The molecule has 0 atom stereocenters. The molecule has 128 valence electrons. The van der Waals surface area contributed by atoms with Crippen molar-refractivity contribution in [3.63, 3.8) is 0 Å². The molecule has 0 saturated carbocycles. The summed E-state index contributed by atoms with van der Waals surface area (Å²) in [4.78, 5) is 13.9. The van der Waals surface area contributed by atoms with Gasteiger partial charge >= 0.3 is 0 Å². The molecule has 0 unspecified atom stereocenters. The Bertz CT molecular complexity index is 586. The lowest BCUT2D eigenvalue weighted by molar-refractivity contribution is -0.120. The maximum absolute atomic E-state index is 11.9. The zero-order valence-electron chi connectivity index (χ0n) is 13.0. The summed E-state index contributed by atoms with van der Waals surface area (Å²) in [5, 5.41) is 2.72. The van der Waals surface area contributed by atoms with Crippen LogP contribution in [0.2, 0.25) is 0 Å². The van der Waals surface area contributed by atoms with Gasteiger partial charge in [0.25, 0.3) is 0 Å². The minimum absolute atomic E-state index is 0.130. The molecule has 1 aliphatic rings. The Morgan fingerprint density at radius 1 is 1.17 bits per heavy atom. The van der Waals surface area contributed by atoms with Crippen LogP contribution in [0.1, 0.15) is 5.56 Å². The molecule has 1 aliphatic heterocycles. The van der Waals surface area contributed by atoms with Gasteiger partial charge < -0.3 is 10.1 Å². The second-order valence-corrected chi connectivity index (χ2v) is 7.18. The van der Waals surface area contributed by atoms with E-state index in [1.54, 1.807) is 24.3 Å². The van der Waals surface area contributed by atoms with Crippen molar-refractivity contribution in [2.45, 2.75) is 5.75 Å². The van der Waals surface area contributed by atoms with E-state index in [1.807, 2.05) is 6.07 Å². The standard InChI is InChI=1S/C15H23N3O4S/c19-15(16-6-7-18-8-10-22-11-9-18)12-17-23(20,21)13-14-4-2-1-3-5-14/h1-5,17H,6-13H2,(H,16,19). The van der Waals surface area contributed by atoms with Crippen molar-refractivity contribution >= 4 is 15.9 Å². The highest BCUT2D eigenvalue weighted by atomic mass is 32.2. The number of sulfonamides is 1. The normalized spacial score (nSPS) is 16.2. The summed E-state index contributed by atoms with van der Waals surface area (Å²) in [5.74, 6) is -0.454. The molecule has 7 nitrogen and oxygen atoms in total. The number of carbonyl (C=O) groups is 1. The number of hydrogen-bond donors (Lipinski definition) is 2. The minimum atomic E-state index is -3.51. The Kier molecular flexibility index (Phi) is 6.97. The van der Waals surface area contributed by atoms with Crippen LogP contribution in [0.4, 0.5) is 0 Å². The van der Waals surface area contributed by atoms with Crippen molar-refractivity contribution in [3.05, 3.63) is 35.9 Å². The molecule has 23 heavy (non-hydrogen) atoms. The van der Waals surface area contributed by atoms with Gasteiger partial charge in [-0.25, -0.2) is 13.1 Å². The predicted molar refractivity (Wildman–Crippen MR) is 87.3 cm³/mol. The van der Waals surface area contributed by atoms with Crippen LogP contribution in [0, 0.1) is 0 Å². The molecule has 8 heteroatoms. The average Bonchev–Trinajstić information content (AvgIpc) is 2.55. The van der Waals surface area contributed by atoms with Crippen molar-refractivity contribution in [1.82, 2.24) is 14.9 Å². The van der Waals surface area contributed by atoms with Crippen LogP contribution >= 0.6 is 0 Å². The molecule has 1 saturated heterocycles. The number of morpholine rings is 1. The highest BCUT2D eigenvalue weighted by Gasteiger charge is 2.14. The molecule has 2 N–H and O–H groups in total. The fraction of sp³-hybridized carbons (Fsp3) is 0.533. The molecule has 1 amide bonds. The first-order chi connectivity index (χ1) is 11.1. The van der Waals surface area contributed by atoms with E-state index in [1.165, 1.54) is 0 Å². The molecule has 1 fully saturated rings. The number of rotatable bonds is 8. The van der Waals surface area contributed by atoms with Gasteiger partial charge in [-0.15, -0.1) is 0 Å². The van der Waals surface area contributed by atoms with Gasteiger partial charge in [0.1, 0.15) is 0 Å². The van der Waals surface area contributed by atoms with Gasteiger partial charge in [-0.1, -0.05) is 30.3 Å². The van der Waals surface area contributed by atoms with E-state index in [2.05, 4.69) is 14.9 Å². The van der Waals surface area contributed by atoms with Crippen LogP contribution in [0.15, 0.2) is 30.3 Å². The monoisotopic (exact) mass is 341 g/mol. The highest BCUT2D eigenvalue weighted by Crippen LogP contribution is 2.03. The summed E-state index contributed by atoms with van der Waals surface area (Å²) in [6, 6.07) is 8.86. The molecule has 1 aromatic rings. The summed E-state index contributed by atoms with van der Waals surface area (Å²) >= 11 is 0. The topological polar surface area (TPSA) is 87.7 Å². The van der Waals surface area contributed by atoms with Gasteiger partial charge in [0.15, 0.2) is 0 Å². The smallest absolute Gasteiger partial charge is 0.235 e. The molecule has 0 radical (unpaired) electrons. The van der Waals surface area contributed by atoms with Crippen molar-refractivity contribution in [3.8, 4) is 0 Å². The number of hydrogen-bond acceptors (Lipinski definition) is 5. The fourth-order valence-electron chi connectivity index (χ4n) is 2.26. The van der Waals surface area contributed by atoms with Crippen molar-refractivity contribution < 1.29 is 17.9 Å². The molecule has 0 bridgehead atoms. The quantitative estimate of drug-likeness (QED) is 0.669. The van der Waals surface area contributed by atoms with Gasteiger partial charge in [-0.2, -0.15) is 0 Å². The SMILES string of the molecule is O=C(CNS(=O)(=O)Cc1ccccc1)NCCN1CCOCC1. The lowest BCUT2D eigenvalue weighted by Crippen LogP contribution is -2.43. The molecule has 0 aromatic heterocycles. The fourth-order valence-corrected chi connectivity index (χ4v) is 3.35. The average molecular weight is 341 g/mol. The van der Waals surface area contributed by atoms with Crippen LogP contribution in [-0.2, 0) is 25.3 Å². The maximum Gasteiger partial charge on any atom is 0.235 e. The Labute approximate surface area is 137 Å². The second kappa shape index (κ2) is 8.97. The maximum atomic E-state index is 11.9. The lowest BCUT2D eigenvalue weighted by Gasteiger charge is -2.26. The zero-order chi connectivity index (χ0) is 16.5. The van der Waals surface area contributed by atoms with Crippen molar-refractivity contribution in [2.24, 2.45) is 0 Å². The zero-order valence-corrected chi connectivity index (χ0v) is 13.8. The molecular weight excluding hydrogens is 318 g/mol. The second-order valence-electron chi connectivity index (χ2n) is 5.37. The predicted octanol–water partition coefficient (Wildman–Crippen LogP) is -0.446. The number of nitrogens with one attached hydrogen (secondary N) is 2. The van der Waals surface area contributed by atoms with E-state index in [0.717, 1.165) is 19.6 Å². The van der Waals surface area contributed by atoms with Crippen LogP contribution in [0.25, 0.3) is 0 Å². The Morgan fingerprint density at radius 3 is 2.57 bits per heavy atom. The summed E-state index contributed by atoms with van der Waals surface area (Å²) < 4.78 is 31.4. The number of amides is 1. The molecule has 1 aromatic carbocycles. The molecular formula is C15H23N3O4S. The highest BCUT2D eigenvalue weighted by molar-refractivity contribution is 7.88. The Hall–Kier alpha value is -1.48. The molecule has 0 spiro atoms. The largest absolute Gasteiger partial charge is 0.379 e. The third kappa shape index (κ3) is 7.08. The molecule has 2 rings (SSSR count). The van der Waals surface area contributed by atoms with Crippen LogP contribution < -0.4 is 10.0 Å². The van der Waals surface area contributed by atoms with Crippen LogP contribution in [0.3, 0.4) is 0 Å². The van der Waals surface area contributed by atoms with Gasteiger partial charge in [-0.3, -0.25) is 9.69 Å². The van der Waals surface area contributed by atoms with Crippen molar-refractivity contribution in [2.75, 3.05) is 45.9 Å². The third-order valence-corrected chi connectivity index (χ3v) is 4.80. The summed E-state index contributed by atoms with van der Waals surface area (Å²) in [7, 11) is -3.51. The van der Waals surface area contributed by atoms with E-state index in [-0.39, 0.29) is 18.2 Å². The van der Waals surface area contributed by atoms with E-state index in [4.69, 9.17) is 4.74 Å². The van der Waals surface area contributed by atoms with Gasteiger partial charge in [0.05, 0.1) is 25.5 Å². The van der Waals surface area contributed by atoms with E-state index >= 15 is 0 Å². The van der Waals surface area contributed by atoms with E-state index in [9.17, 15) is 13.2 Å². The number of carbonyl (C=O) groups excluding carboxylic acids is 1. The van der Waals surface area contributed by atoms with E-state index < -0.39 is 10.0 Å². The third-order valence-electron chi connectivity index (χ3n) is 3.51. The van der Waals surface area contributed by atoms with Gasteiger partial charge in [-0.05, 0) is 5.56 Å². The first-order valence-corrected chi connectivity index (χ1v) is 9.28. The van der Waals surface area contributed by atoms with Crippen LogP contribution in [-0.4, -0.2) is 65.2 Å². The molecule has 0 aliphatic carbocycles. The van der Waals surface area contributed by atoms with Gasteiger partial charge in [0.2, 0.25) is 15.9 Å². The first-order valence-electron chi connectivity index (χ1n) is 7.63. The van der Waals surface area contributed by atoms with Crippen LogP contribution in [0.5, 0.6) is 0 Å². The number of ether oxygens (including phenoxy) is 1. The van der Waals surface area contributed by atoms with Gasteiger partial charge in [0, 0.05) is 26.2 Å². The summed E-state index contributed by atoms with van der Waals surface area (Å²) in [6.45, 7) is 4.16. The Balaban J connectivity index is 1.64. The minimum Gasteiger partial charge on any atom is -0.379 e. The number of nitrogens with zero attached hydrogens (tertiary/aromatic N) is 1. The first kappa shape index (κ1) is 17.9. The lowest BCUT2D eigenvalue weighted by atomic mass is 10.2. The van der Waals surface area contributed by atoms with E-state index in [0.29, 0.717) is 25.3 Å². The molecule has 1 heterocycles. The summed E-state index contributed by atoms with van der Waals surface area (Å²) in [5.41, 5.74) is 0.688. The summed E-state index contributed by atoms with van der Waals surface area (Å²) in [6.07, 6.45) is 0. The number of benzene rings is 1. The van der Waals surface area contributed by atoms with Crippen molar-refractivity contribution in [1.29, 1.82) is 0 Å². The Morgan fingerprint density at radius 2 is 1.87 bits per heavy atom.